The Morgan fingerprint density at radius 2 is 0.512 bits per heavy atom. The third-order valence-corrected chi connectivity index (χ3v) is 29.9. The zero-order valence-corrected chi connectivity index (χ0v) is 69.8. The van der Waals surface area contributed by atoms with Crippen LogP contribution in [0.1, 0.15) is 26.0 Å². The van der Waals surface area contributed by atoms with E-state index in [2.05, 4.69) is 415 Å². The van der Waals surface area contributed by atoms with Crippen molar-refractivity contribution in [3.63, 3.8) is 0 Å². The van der Waals surface area contributed by atoms with E-state index in [1.54, 1.807) is 11.3 Å². The number of nitrogens with zero attached hydrogens (tertiary/aromatic N) is 3. The van der Waals surface area contributed by atoms with Gasteiger partial charge in [-0.15, -0.1) is 68.0 Å². The van der Waals surface area contributed by atoms with E-state index in [1.807, 2.05) is 68.8 Å². The molecule has 0 unspecified atom stereocenters. The van der Waals surface area contributed by atoms with Crippen molar-refractivity contribution >= 4 is 252 Å². The lowest BCUT2D eigenvalue weighted by Crippen LogP contribution is -2.10. The zero-order chi connectivity index (χ0) is 78.9. The van der Waals surface area contributed by atoms with Crippen LogP contribution in [0, 0.1) is 0 Å². The highest BCUT2D eigenvalue weighted by atomic mass is 35.5. The molecular formula is C111H78ClN3S6. The van der Waals surface area contributed by atoms with Crippen molar-refractivity contribution in [2.75, 3.05) is 14.7 Å². The van der Waals surface area contributed by atoms with Crippen LogP contribution in [0.2, 0.25) is 5.02 Å². The molecule has 0 aliphatic carbocycles. The number of rotatable bonds is 13. The topological polar surface area (TPSA) is 9.72 Å². The van der Waals surface area contributed by atoms with Crippen molar-refractivity contribution in [2.45, 2.75) is 21.3 Å². The van der Waals surface area contributed by atoms with Gasteiger partial charge in [-0.3, -0.25) is 0 Å². The maximum Gasteiger partial charge on any atom is 0.0555 e. The first kappa shape index (κ1) is 76.6. The molecule has 0 atom stereocenters. The van der Waals surface area contributed by atoms with Crippen LogP contribution in [0.5, 0.6) is 0 Å². The van der Waals surface area contributed by atoms with Crippen LogP contribution in [0.15, 0.2) is 413 Å². The molecule has 0 saturated heterocycles. The van der Waals surface area contributed by atoms with Crippen LogP contribution in [0.4, 0.5) is 51.2 Å². The molecular weight excluding hydrogens is 1600 g/mol. The highest BCUT2D eigenvalue weighted by Crippen LogP contribution is 2.54. The lowest BCUT2D eigenvalue weighted by Gasteiger charge is -2.27. The van der Waals surface area contributed by atoms with Crippen molar-refractivity contribution in [1.29, 1.82) is 0 Å². The highest BCUT2D eigenvalue weighted by molar-refractivity contribution is 7.28. The number of anilines is 9. The fraction of sp³-hybridized carbons (Fsp3) is 0.0270. The summed E-state index contributed by atoms with van der Waals surface area (Å²) < 4.78 is 15.4. The van der Waals surface area contributed by atoms with E-state index in [0.717, 1.165) is 51.0 Å². The number of fused-ring (bicyclic) bond motifs is 18. The monoisotopic (exact) mass is 1680 g/mol. The largest absolute Gasteiger partial charge is 0.310 e. The lowest BCUT2D eigenvalue weighted by molar-refractivity contribution is 1.19. The van der Waals surface area contributed by atoms with Crippen molar-refractivity contribution in [1.82, 2.24) is 0 Å². The average molecular weight is 1680 g/mol. The van der Waals surface area contributed by atoms with E-state index in [0.29, 0.717) is 0 Å². The number of hydrogen-bond acceptors (Lipinski definition) is 9. The Morgan fingerprint density at radius 1 is 0.198 bits per heavy atom. The van der Waals surface area contributed by atoms with E-state index in [4.69, 9.17) is 11.6 Å². The molecule has 0 aliphatic heterocycles. The summed E-state index contributed by atoms with van der Waals surface area (Å²) in [6, 6.07) is 149. The predicted molar refractivity (Wildman–Crippen MR) is 539 cm³/mol. The SMILES string of the molecule is C.C.Clc1cccc2sc3ccc(-c4ccc(N(c5ccccc5)c5ccc6c(c5)sc5ccccc56)c5c4sc4ccccc45)cc3c12.c1ccc(Cc2ccccc2)cc1.c1ccc(N(c2ccccc2)c2cccc3sc4ccc(-c5ccc(N(c6ccccc6)c6ccc7c(c6)sc6ccccc67)c6c5sc5ccccc56)cc4c23)cc1. The van der Waals surface area contributed by atoms with E-state index < -0.39 is 0 Å². The summed E-state index contributed by atoms with van der Waals surface area (Å²) in [6.45, 7) is 0. The molecule has 0 radical (unpaired) electrons. The first-order valence-corrected chi connectivity index (χ1v) is 45.2. The van der Waals surface area contributed by atoms with Crippen LogP contribution < -0.4 is 14.7 Å². The summed E-state index contributed by atoms with van der Waals surface area (Å²) in [4.78, 5) is 7.29. The van der Waals surface area contributed by atoms with Gasteiger partial charge in [0, 0.05) is 160 Å². The first-order valence-electron chi connectivity index (χ1n) is 39.9. The van der Waals surface area contributed by atoms with Gasteiger partial charge in [-0.05, 0) is 198 Å². The summed E-state index contributed by atoms with van der Waals surface area (Å²) in [6.07, 6.45) is 1.03. The minimum atomic E-state index is 0. The van der Waals surface area contributed by atoms with Gasteiger partial charge in [0.2, 0.25) is 0 Å². The van der Waals surface area contributed by atoms with E-state index >= 15 is 0 Å². The fourth-order valence-electron chi connectivity index (χ4n) is 17.3. The smallest absolute Gasteiger partial charge is 0.0555 e. The summed E-state index contributed by atoms with van der Waals surface area (Å²) in [5.74, 6) is 0. The minimum absolute atomic E-state index is 0. The number of para-hydroxylation sites is 4. The molecule has 0 fully saturated rings. The van der Waals surface area contributed by atoms with Gasteiger partial charge in [-0.25, -0.2) is 0 Å². The molecule has 580 valence electrons. The molecule has 24 aromatic rings. The van der Waals surface area contributed by atoms with Gasteiger partial charge in [0.1, 0.15) is 0 Å². The second-order valence-electron chi connectivity index (χ2n) is 29.8. The molecule has 6 aromatic heterocycles. The van der Waals surface area contributed by atoms with Crippen molar-refractivity contribution in [2.24, 2.45) is 0 Å². The normalized spacial score (nSPS) is 11.4. The number of halogens is 1. The molecule has 18 aromatic carbocycles. The molecule has 0 saturated carbocycles. The third kappa shape index (κ3) is 14.1. The predicted octanol–water partition coefficient (Wildman–Crippen LogP) is 36.5. The van der Waals surface area contributed by atoms with Crippen molar-refractivity contribution < 1.29 is 0 Å². The van der Waals surface area contributed by atoms with Gasteiger partial charge in [0.15, 0.2) is 0 Å². The standard InChI is InChI=1S/C54H34N2S3.C42H24ClNS3.C13H12.2CH4/c1-4-15-36(16-5-1)55(37-17-6-2-7-18-37)45-23-14-26-50-52(45)44-33-35(27-32-49(44)57-50)40-30-31-46(53-43-22-11-13-25-48(43)59-54(40)53)56(38-19-8-3-9-20-38)39-28-29-42-41-21-10-12-24-47(41)58-51(42)34-39;43-33-13-8-16-38-40(33)32-23-25(17-22-37(32)45-38)28-20-21-34(41-31-12-5-7-15-36(31)47-42(28)41)44(26-9-2-1-3-10-26)27-18-19-30-29-11-4-6-14-35(29)46-39(30)24-27;1-3-7-12(8-4-1)11-13-9-5-2-6-10-13;;/h1-34H;1-24H;1-10H,11H2;2*1H4. The minimum Gasteiger partial charge on any atom is -0.310 e. The van der Waals surface area contributed by atoms with Crippen LogP contribution in [-0.4, -0.2) is 0 Å². The van der Waals surface area contributed by atoms with E-state index in [1.165, 1.54) is 166 Å². The van der Waals surface area contributed by atoms with Gasteiger partial charge in [-0.2, -0.15) is 0 Å². The Balaban J connectivity index is 0.000000134. The van der Waals surface area contributed by atoms with Crippen LogP contribution in [-0.2, 0) is 6.42 Å². The quantitative estimate of drug-likeness (QED) is 0.114. The Morgan fingerprint density at radius 3 is 0.942 bits per heavy atom. The number of thiophene rings is 6. The average Bonchev–Trinajstić information content (AvgIpc) is 1.60. The van der Waals surface area contributed by atoms with E-state index in [-0.39, 0.29) is 14.9 Å². The maximum atomic E-state index is 6.76. The van der Waals surface area contributed by atoms with Gasteiger partial charge in [-0.1, -0.05) is 281 Å². The first-order chi connectivity index (χ1) is 58.9. The Hall–Kier alpha value is -13.0. The van der Waals surface area contributed by atoms with Gasteiger partial charge >= 0.3 is 0 Å². The second-order valence-corrected chi connectivity index (χ2v) is 36.7. The zero-order valence-electron chi connectivity index (χ0n) is 64.1. The van der Waals surface area contributed by atoms with Crippen molar-refractivity contribution in [3.05, 3.63) is 429 Å². The Labute approximate surface area is 732 Å². The molecule has 121 heavy (non-hydrogen) atoms. The molecule has 0 aliphatic rings. The summed E-state index contributed by atoms with van der Waals surface area (Å²) in [5.41, 5.74) is 18.1. The molecule has 0 bridgehead atoms. The summed E-state index contributed by atoms with van der Waals surface area (Å²) in [5, 5.41) is 16.1. The Bertz CT molecular complexity index is 7850. The second kappa shape index (κ2) is 32.9. The maximum absolute atomic E-state index is 6.76. The molecule has 24 rings (SSSR count). The molecule has 0 amide bonds. The van der Waals surface area contributed by atoms with Gasteiger partial charge in [0.05, 0.1) is 17.1 Å². The van der Waals surface area contributed by atoms with Crippen LogP contribution >= 0.6 is 79.6 Å². The van der Waals surface area contributed by atoms with Gasteiger partial charge in [0.25, 0.3) is 0 Å². The summed E-state index contributed by atoms with van der Waals surface area (Å²) in [7, 11) is 0. The van der Waals surface area contributed by atoms with Crippen LogP contribution in [0.25, 0.3) is 143 Å². The molecule has 10 heteroatoms. The van der Waals surface area contributed by atoms with Crippen molar-refractivity contribution in [3.8, 4) is 22.3 Å². The van der Waals surface area contributed by atoms with E-state index in [9.17, 15) is 0 Å². The molecule has 3 nitrogen and oxygen atoms in total. The van der Waals surface area contributed by atoms with Gasteiger partial charge < -0.3 is 14.7 Å². The van der Waals surface area contributed by atoms with Crippen LogP contribution in [0.3, 0.4) is 0 Å². The number of hydrogen-bond donors (Lipinski definition) is 0. The third-order valence-electron chi connectivity index (χ3n) is 22.7. The highest BCUT2D eigenvalue weighted by Gasteiger charge is 2.27. The number of benzene rings is 18. The summed E-state index contributed by atoms with van der Waals surface area (Å²) >= 11 is 17.9. The Kier molecular flexibility index (Phi) is 20.9. The molecule has 0 N–H and O–H groups in total. The lowest BCUT2D eigenvalue weighted by atomic mass is 9.98. The molecule has 6 heterocycles. The molecule has 0 spiro atoms. The fourth-order valence-corrected chi connectivity index (χ4v) is 24.6.